The molecule has 3 fully saturated rings. The van der Waals surface area contributed by atoms with E-state index in [9.17, 15) is 0 Å². The van der Waals surface area contributed by atoms with Gasteiger partial charge >= 0.3 is 11.9 Å². The lowest BCUT2D eigenvalue weighted by atomic mass is 9.47. The Kier molecular flexibility index (Phi) is 8.06. The number of carboxylic acids is 2. The van der Waals surface area contributed by atoms with Crippen molar-refractivity contribution in [3.8, 4) is 0 Å². The zero-order valence-electron chi connectivity index (χ0n) is 21.1. The molecule has 194 valence electrons. The lowest BCUT2D eigenvalue weighted by molar-refractivity contribution is -0.159. The van der Waals surface area contributed by atoms with Crippen LogP contribution < -0.4 is 5.73 Å². The van der Waals surface area contributed by atoms with E-state index in [0.29, 0.717) is 16.7 Å². The molecule has 6 nitrogen and oxygen atoms in total. The minimum atomic E-state index is -1.82. The SMILES string of the molecule is C[C@]12CC[C@H]3[C@@H](CC=C4C[C@@H](SCCCN)CC[C@@]43C)[C@@H]1CC[C@@H]2c1ccoc1.O=C(O)C(=O)O. The summed E-state index contributed by atoms with van der Waals surface area (Å²) < 4.78 is 5.47. The normalized spacial score (nSPS) is 37.7. The van der Waals surface area contributed by atoms with Gasteiger partial charge in [0.25, 0.3) is 0 Å². The van der Waals surface area contributed by atoms with Crippen LogP contribution in [0.5, 0.6) is 0 Å². The summed E-state index contributed by atoms with van der Waals surface area (Å²) in [6, 6.07) is 2.23. The molecule has 7 heteroatoms. The van der Waals surface area contributed by atoms with Crippen molar-refractivity contribution < 1.29 is 24.2 Å². The third-order valence-electron chi connectivity index (χ3n) is 9.89. The maximum absolute atomic E-state index is 9.10. The van der Waals surface area contributed by atoms with Gasteiger partial charge in [-0.2, -0.15) is 11.8 Å². The van der Waals surface area contributed by atoms with E-state index in [-0.39, 0.29) is 0 Å². The Morgan fingerprint density at radius 3 is 2.54 bits per heavy atom. The molecule has 1 aromatic heterocycles. The average molecular weight is 504 g/mol. The van der Waals surface area contributed by atoms with Crippen LogP contribution in [0.15, 0.2) is 34.7 Å². The molecule has 5 rings (SSSR count). The van der Waals surface area contributed by atoms with Gasteiger partial charge in [0.15, 0.2) is 0 Å². The molecule has 4 aliphatic rings. The van der Waals surface area contributed by atoms with Crippen LogP contribution in [0.4, 0.5) is 0 Å². The number of hydrogen-bond acceptors (Lipinski definition) is 5. The number of rotatable bonds is 5. The van der Waals surface area contributed by atoms with E-state index in [1.807, 2.05) is 18.1 Å². The summed E-state index contributed by atoms with van der Waals surface area (Å²) in [5, 5.41) is 15.6. The topological polar surface area (TPSA) is 114 Å². The Morgan fingerprint density at radius 2 is 1.89 bits per heavy atom. The fourth-order valence-corrected chi connectivity index (χ4v) is 9.37. The highest BCUT2D eigenvalue weighted by Gasteiger charge is 2.58. The highest BCUT2D eigenvalue weighted by Crippen LogP contribution is 2.68. The van der Waals surface area contributed by atoms with Gasteiger partial charge in [0.1, 0.15) is 0 Å². The molecule has 7 atom stereocenters. The second-order valence-corrected chi connectivity index (χ2v) is 12.9. The third-order valence-corrected chi connectivity index (χ3v) is 11.3. The van der Waals surface area contributed by atoms with Crippen molar-refractivity contribution in [2.75, 3.05) is 12.3 Å². The van der Waals surface area contributed by atoms with E-state index >= 15 is 0 Å². The van der Waals surface area contributed by atoms with Gasteiger partial charge in [0, 0.05) is 5.25 Å². The van der Waals surface area contributed by atoms with Crippen LogP contribution in [-0.2, 0) is 9.59 Å². The zero-order valence-corrected chi connectivity index (χ0v) is 21.9. The van der Waals surface area contributed by atoms with Crippen LogP contribution in [0.2, 0.25) is 0 Å². The molecule has 0 amide bonds. The summed E-state index contributed by atoms with van der Waals surface area (Å²) in [5.74, 6) is 1.02. The van der Waals surface area contributed by atoms with Gasteiger partial charge in [0.05, 0.1) is 12.5 Å². The predicted octanol–water partition coefficient (Wildman–Crippen LogP) is 5.93. The van der Waals surface area contributed by atoms with E-state index < -0.39 is 11.9 Å². The first-order valence-electron chi connectivity index (χ1n) is 13.2. The molecule has 1 heterocycles. The maximum Gasteiger partial charge on any atom is 0.414 e. The number of thioether (sulfide) groups is 1. The number of carbonyl (C=O) groups is 2. The van der Waals surface area contributed by atoms with Gasteiger partial charge in [-0.05, 0) is 116 Å². The fraction of sp³-hybridized carbons (Fsp3) is 0.714. The molecular formula is C28H41NO5S. The van der Waals surface area contributed by atoms with Gasteiger partial charge in [0.2, 0.25) is 0 Å². The van der Waals surface area contributed by atoms with Gasteiger partial charge < -0.3 is 20.4 Å². The minimum absolute atomic E-state index is 0.474. The van der Waals surface area contributed by atoms with Crippen LogP contribution in [0, 0.1) is 28.6 Å². The molecule has 4 N–H and O–H groups in total. The summed E-state index contributed by atoms with van der Waals surface area (Å²) >= 11 is 2.19. The Bertz CT molecular complexity index is 918. The summed E-state index contributed by atoms with van der Waals surface area (Å²) in [7, 11) is 0. The minimum Gasteiger partial charge on any atom is -0.473 e. The molecule has 3 saturated carbocycles. The summed E-state index contributed by atoms with van der Waals surface area (Å²) in [6.07, 6.45) is 18.9. The van der Waals surface area contributed by atoms with Crippen LogP contribution in [0.25, 0.3) is 0 Å². The molecule has 0 unspecified atom stereocenters. The first kappa shape index (κ1) is 26.3. The summed E-state index contributed by atoms with van der Waals surface area (Å²) in [4.78, 5) is 18.2. The number of hydrogen-bond donors (Lipinski definition) is 3. The van der Waals surface area contributed by atoms with Crippen LogP contribution in [0.1, 0.15) is 83.1 Å². The lowest BCUT2D eigenvalue weighted by Gasteiger charge is -2.58. The Hall–Kier alpha value is -1.73. The Balaban J connectivity index is 0.000000431. The van der Waals surface area contributed by atoms with E-state index in [1.165, 1.54) is 69.1 Å². The highest BCUT2D eigenvalue weighted by atomic mass is 32.2. The van der Waals surface area contributed by atoms with Crippen molar-refractivity contribution >= 4 is 23.7 Å². The van der Waals surface area contributed by atoms with Crippen molar-refractivity contribution in [1.82, 2.24) is 0 Å². The van der Waals surface area contributed by atoms with Crippen LogP contribution in [0.3, 0.4) is 0 Å². The number of aliphatic carboxylic acids is 2. The van der Waals surface area contributed by atoms with Crippen molar-refractivity contribution in [2.45, 2.75) is 82.8 Å². The number of furan rings is 1. The van der Waals surface area contributed by atoms with Gasteiger partial charge in [-0.3, -0.25) is 0 Å². The summed E-state index contributed by atoms with van der Waals surface area (Å²) in [6.45, 7) is 6.09. The van der Waals surface area contributed by atoms with Crippen molar-refractivity contribution in [3.63, 3.8) is 0 Å². The predicted molar refractivity (Wildman–Crippen MR) is 138 cm³/mol. The largest absolute Gasteiger partial charge is 0.473 e. The highest BCUT2D eigenvalue weighted by molar-refractivity contribution is 7.99. The van der Waals surface area contributed by atoms with Crippen molar-refractivity contribution in [1.29, 1.82) is 0 Å². The molecule has 0 saturated heterocycles. The average Bonchev–Trinajstić information content (AvgIpc) is 3.47. The van der Waals surface area contributed by atoms with Crippen molar-refractivity contribution in [2.24, 2.45) is 34.3 Å². The third kappa shape index (κ3) is 5.08. The molecule has 0 aliphatic heterocycles. The lowest BCUT2D eigenvalue weighted by Crippen LogP contribution is -2.50. The van der Waals surface area contributed by atoms with E-state index in [4.69, 9.17) is 30.0 Å². The van der Waals surface area contributed by atoms with Gasteiger partial charge in [-0.1, -0.05) is 25.5 Å². The second-order valence-electron chi connectivity index (χ2n) is 11.5. The number of carboxylic acid groups (broad SMARTS) is 2. The maximum atomic E-state index is 9.10. The van der Waals surface area contributed by atoms with E-state index in [0.717, 1.165) is 29.5 Å². The molecule has 0 aromatic carbocycles. The fourth-order valence-electron chi connectivity index (χ4n) is 8.12. The Morgan fingerprint density at radius 1 is 1.11 bits per heavy atom. The first-order valence-corrected chi connectivity index (χ1v) is 14.2. The van der Waals surface area contributed by atoms with Gasteiger partial charge in [-0.25, -0.2) is 9.59 Å². The van der Waals surface area contributed by atoms with Gasteiger partial charge in [-0.15, -0.1) is 0 Å². The number of nitrogens with two attached hydrogens (primary N) is 1. The van der Waals surface area contributed by atoms with Crippen LogP contribution in [-0.4, -0.2) is 39.7 Å². The molecule has 0 spiro atoms. The first-order chi connectivity index (χ1) is 16.7. The Labute approximate surface area is 213 Å². The molecule has 0 bridgehead atoms. The van der Waals surface area contributed by atoms with Crippen molar-refractivity contribution in [3.05, 3.63) is 35.8 Å². The monoisotopic (exact) mass is 503 g/mol. The second kappa shape index (κ2) is 10.7. The van der Waals surface area contributed by atoms with Crippen LogP contribution >= 0.6 is 11.8 Å². The smallest absolute Gasteiger partial charge is 0.414 e. The van der Waals surface area contributed by atoms with E-state index in [1.54, 1.807) is 0 Å². The molecule has 0 radical (unpaired) electrons. The summed E-state index contributed by atoms with van der Waals surface area (Å²) in [5.41, 5.74) is 9.94. The quantitative estimate of drug-likeness (QED) is 0.259. The molecule has 4 aliphatic carbocycles. The number of allylic oxidation sites excluding steroid dienone is 2. The zero-order chi connectivity index (χ0) is 25.2. The molecule has 1 aromatic rings. The molecule has 35 heavy (non-hydrogen) atoms. The molecular weight excluding hydrogens is 462 g/mol. The number of fused-ring (bicyclic) bond motifs is 5. The van der Waals surface area contributed by atoms with E-state index in [2.05, 4.69) is 37.8 Å². The standard InChI is InChI=1S/C26H39NOS.C2H2O4/c1-25-11-8-20(29-15-3-13-27)16-19(25)4-5-21-23-7-6-22(18-10-14-28-17-18)26(23,2)12-9-24(21)25;3-1(4)2(5)6/h4,10,14,17,20-24H,3,5-9,11-13,15-16,27H2,1-2H3;(H,3,4)(H,5,6)/t20-,21-,22+,23-,24-,25-,26+;/m0./s1.